The van der Waals surface area contributed by atoms with Gasteiger partial charge in [-0.1, -0.05) is 19.9 Å². The number of nitro benzene ring substituents is 1. The maximum Gasteiger partial charge on any atom is 0.274 e. The van der Waals surface area contributed by atoms with Crippen LogP contribution in [0.15, 0.2) is 30.0 Å². The Bertz CT molecular complexity index is 603. The number of carbonyl (C=O) groups is 1. The summed E-state index contributed by atoms with van der Waals surface area (Å²) < 4.78 is 0. The van der Waals surface area contributed by atoms with Crippen LogP contribution in [0.25, 0.3) is 0 Å². The Hall–Kier alpha value is -2.17. The van der Waals surface area contributed by atoms with Gasteiger partial charge >= 0.3 is 0 Å². The van der Waals surface area contributed by atoms with Crippen molar-refractivity contribution < 1.29 is 9.72 Å². The van der Waals surface area contributed by atoms with Crippen LogP contribution in [0.4, 0.5) is 11.4 Å². The number of ketones is 1. The number of hydrogen-bond donors (Lipinski definition) is 1. The van der Waals surface area contributed by atoms with Crippen LogP contribution >= 0.6 is 0 Å². The number of carbonyl (C=O) groups excluding carboxylic acids is 1. The number of nitrogens with one attached hydrogen (secondary N) is 1. The van der Waals surface area contributed by atoms with E-state index < -0.39 is 4.92 Å². The van der Waals surface area contributed by atoms with Crippen LogP contribution in [0, 0.1) is 22.5 Å². The van der Waals surface area contributed by atoms with Gasteiger partial charge in [0.25, 0.3) is 5.69 Å². The van der Waals surface area contributed by atoms with Crippen molar-refractivity contribution in [3.05, 3.63) is 45.6 Å². The zero-order chi connectivity index (χ0) is 14.9. The molecular weight excluding hydrogens is 256 g/mol. The summed E-state index contributed by atoms with van der Waals surface area (Å²) in [6.45, 7) is 5.79. The molecule has 1 aliphatic carbocycles. The molecule has 0 amide bonds. The van der Waals surface area contributed by atoms with E-state index in [1.54, 1.807) is 25.1 Å². The van der Waals surface area contributed by atoms with Gasteiger partial charge < -0.3 is 5.32 Å². The number of nitro groups is 1. The van der Waals surface area contributed by atoms with Gasteiger partial charge in [-0.25, -0.2) is 0 Å². The van der Waals surface area contributed by atoms with E-state index in [9.17, 15) is 14.9 Å². The van der Waals surface area contributed by atoms with Crippen molar-refractivity contribution in [1.82, 2.24) is 0 Å². The zero-order valence-electron chi connectivity index (χ0n) is 11.9. The maximum atomic E-state index is 11.7. The number of anilines is 1. The molecule has 1 aromatic carbocycles. The van der Waals surface area contributed by atoms with Gasteiger partial charge in [-0.2, -0.15) is 0 Å². The van der Waals surface area contributed by atoms with E-state index in [0.29, 0.717) is 17.7 Å². The number of hydrogen-bond acceptors (Lipinski definition) is 4. The molecule has 0 aliphatic heterocycles. The van der Waals surface area contributed by atoms with Gasteiger partial charge in [0.1, 0.15) is 0 Å². The van der Waals surface area contributed by atoms with Gasteiger partial charge in [-0.05, 0) is 24.8 Å². The Labute approximate surface area is 117 Å². The fourth-order valence-corrected chi connectivity index (χ4v) is 2.56. The number of rotatable bonds is 3. The van der Waals surface area contributed by atoms with Crippen molar-refractivity contribution in [2.24, 2.45) is 5.41 Å². The average molecular weight is 274 g/mol. The quantitative estimate of drug-likeness (QED) is 0.675. The van der Waals surface area contributed by atoms with Crippen molar-refractivity contribution in [3.8, 4) is 0 Å². The van der Waals surface area contributed by atoms with Crippen LogP contribution in [0.3, 0.4) is 0 Å². The summed E-state index contributed by atoms with van der Waals surface area (Å²) in [6.07, 6.45) is 2.89. The van der Waals surface area contributed by atoms with E-state index in [2.05, 4.69) is 5.32 Å². The molecule has 1 aliphatic rings. The highest BCUT2D eigenvalue weighted by Gasteiger charge is 2.28. The largest absolute Gasteiger partial charge is 0.358 e. The lowest BCUT2D eigenvalue weighted by Crippen LogP contribution is -2.24. The molecule has 0 spiro atoms. The van der Waals surface area contributed by atoms with E-state index in [-0.39, 0.29) is 16.9 Å². The van der Waals surface area contributed by atoms with Crippen molar-refractivity contribution in [3.63, 3.8) is 0 Å². The Balaban J connectivity index is 2.29. The summed E-state index contributed by atoms with van der Waals surface area (Å²) in [6, 6.07) is 4.91. The molecule has 0 saturated heterocycles. The van der Waals surface area contributed by atoms with Crippen molar-refractivity contribution in [2.45, 2.75) is 33.6 Å². The molecule has 1 aromatic rings. The van der Waals surface area contributed by atoms with Crippen LogP contribution < -0.4 is 5.32 Å². The first kappa shape index (κ1) is 14.2. The Morgan fingerprint density at radius 3 is 2.60 bits per heavy atom. The molecule has 5 nitrogen and oxygen atoms in total. The summed E-state index contributed by atoms with van der Waals surface area (Å²) in [5, 5.41) is 14.1. The van der Waals surface area contributed by atoms with Crippen LogP contribution in [0.5, 0.6) is 0 Å². The molecule has 1 N–H and O–H groups in total. The molecular formula is C15H18N2O3. The smallest absolute Gasteiger partial charge is 0.274 e. The van der Waals surface area contributed by atoms with E-state index in [0.717, 1.165) is 12.1 Å². The first-order valence-electron chi connectivity index (χ1n) is 6.53. The van der Waals surface area contributed by atoms with Crippen LogP contribution in [-0.4, -0.2) is 10.7 Å². The third kappa shape index (κ3) is 3.04. The Morgan fingerprint density at radius 2 is 2.00 bits per heavy atom. The monoisotopic (exact) mass is 274 g/mol. The summed E-state index contributed by atoms with van der Waals surface area (Å²) in [5.74, 6) is 0.0897. The fraction of sp³-hybridized carbons (Fsp3) is 0.400. The molecule has 2 rings (SSSR count). The summed E-state index contributed by atoms with van der Waals surface area (Å²) in [4.78, 5) is 22.2. The van der Waals surface area contributed by atoms with Crippen molar-refractivity contribution in [1.29, 1.82) is 0 Å². The summed E-state index contributed by atoms with van der Waals surface area (Å²) in [7, 11) is 0. The maximum absolute atomic E-state index is 11.7. The third-order valence-corrected chi connectivity index (χ3v) is 3.45. The van der Waals surface area contributed by atoms with Crippen LogP contribution in [0.1, 0.15) is 32.3 Å². The second-order valence-corrected chi connectivity index (χ2v) is 5.99. The van der Waals surface area contributed by atoms with Gasteiger partial charge in [-0.15, -0.1) is 0 Å². The minimum Gasteiger partial charge on any atom is -0.358 e. The van der Waals surface area contributed by atoms with Gasteiger partial charge in [0.05, 0.1) is 10.5 Å². The molecule has 106 valence electrons. The van der Waals surface area contributed by atoms with E-state index in [1.807, 2.05) is 13.8 Å². The Morgan fingerprint density at radius 1 is 1.30 bits per heavy atom. The fourth-order valence-electron chi connectivity index (χ4n) is 2.56. The number of allylic oxidation sites excluding steroid dienone is 2. The molecule has 0 aromatic heterocycles. The molecule has 0 radical (unpaired) electrons. The highest BCUT2D eigenvalue weighted by molar-refractivity contribution is 5.92. The first-order chi connectivity index (χ1) is 9.28. The Kier molecular flexibility index (Phi) is 3.61. The van der Waals surface area contributed by atoms with Gasteiger partial charge in [0.2, 0.25) is 0 Å². The summed E-state index contributed by atoms with van der Waals surface area (Å²) in [5.41, 5.74) is 2.07. The zero-order valence-corrected chi connectivity index (χ0v) is 11.9. The standard InChI is InChI=1S/C15H18N2O3/c1-10-13(5-4-6-14(10)17(19)20)16-11-7-12(18)9-15(2,3)8-11/h4-7,16H,8-9H2,1-3H3. The molecule has 20 heavy (non-hydrogen) atoms. The lowest BCUT2D eigenvalue weighted by atomic mass is 9.79. The minimum atomic E-state index is -0.398. The summed E-state index contributed by atoms with van der Waals surface area (Å²) >= 11 is 0. The predicted molar refractivity (Wildman–Crippen MR) is 77.6 cm³/mol. The molecule has 0 unspecified atom stereocenters. The predicted octanol–water partition coefficient (Wildman–Crippen LogP) is 3.59. The normalized spacial score (nSPS) is 17.6. The molecule has 0 atom stereocenters. The van der Waals surface area contributed by atoms with E-state index >= 15 is 0 Å². The number of nitrogens with zero attached hydrogens (tertiary/aromatic N) is 1. The molecule has 0 bridgehead atoms. The molecule has 5 heteroatoms. The van der Waals surface area contributed by atoms with E-state index in [4.69, 9.17) is 0 Å². The second kappa shape index (κ2) is 5.07. The molecule has 0 fully saturated rings. The van der Waals surface area contributed by atoms with Crippen molar-refractivity contribution >= 4 is 17.2 Å². The van der Waals surface area contributed by atoms with Gasteiger partial charge in [0, 0.05) is 29.9 Å². The highest BCUT2D eigenvalue weighted by Crippen LogP contribution is 2.35. The molecule has 0 saturated carbocycles. The van der Waals surface area contributed by atoms with Crippen LogP contribution in [0.2, 0.25) is 0 Å². The first-order valence-corrected chi connectivity index (χ1v) is 6.53. The van der Waals surface area contributed by atoms with Crippen LogP contribution in [-0.2, 0) is 4.79 Å². The highest BCUT2D eigenvalue weighted by atomic mass is 16.6. The lowest BCUT2D eigenvalue weighted by molar-refractivity contribution is -0.385. The number of benzene rings is 1. The topological polar surface area (TPSA) is 72.2 Å². The van der Waals surface area contributed by atoms with E-state index in [1.165, 1.54) is 6.07 Å². The minimum absolute atomic E-state index is 0.0806. The average Bonchev–Trinajstić information content (AvgIpc) is 2.28. The SMILES string of the molecule is Cc1c(NC2=CC(=O)CC(C)(C)C2)cccc1[N+](=O)[O-]. The van der Waals surface area contributed by atoms with Crippen molar-refractivity contribution in [2.75, 3.05) is 5.32 Å². The third-order valence-electron chi connectivity index (χ3n) is 3.45. The molecule has 0 heterocycles. The second-order valence-electron chi connectivity index (χ2n) is 5.99. The van der Waals surface area contributed by atoms with Gasteiger partial charge in [0.15, 0.2) is 5.78 Å². The van der Waals surface area contributed by atoms with Gasteiger partial charge in [-0.3, -0.25) is 14.9 Å². The lowest BCUT2D eigenvalue weighted by Gasteiger charge is -2.29.